The zero-order chi connectivity index (χ0) is 6.85. The first kappa shape index (κ1) is 7.18. The van der Waals surface area contributed by atoms with Crippen molar-refractivity contribution in [2.75, 3.05) is 0 Å². The van der Waals surface area contributed by atoms with Crippen molar-refractivity contribution in [3.63, 3.8) is 0 Å². The Morgan fingerprint density at radius 2 is 2.22 bits per heavy atom. The Morgan fingerprint density at radius 1 is 1.56 bits per heavy atom. The molecule has 0 amide bonds. The summed E-state index contributed by atoms with van der Waals surface area (Å²) < 4.78 is 20.6. The molecule has 4 heteroatoms. The van der Waals surface area contributed by atoms with Crippen LogP contribution in [0.25, 0.3) is 0 Å². The van der Waals surface area contributed by atoms with Gasteiger partial charge in [-0.15, -0.1) is 0 Å². The van der Waals surface area contributed by atoms with Crippen LogP contribution < -0.4 is 5.73 Å². The normalized spacial score (nSPS) is 38.9. The van der Waals surface area contributed by atoms with E-state index in [0.29, 0.717) is 6.42 Å². The van der Waals surface area contributed by atoms with Crippen molar-refractivity contribution in [2.45, 2.75) is 30.6 Å². The standard InChI is InChI=1S/C5H11NO2S/c6-4-1-2-5(3-4)9(7)8/h4-5H,1-3,6H2,(H,7,8)/p-1. The maximum atomic E-state index is 10.3. The van der Waals surface area contributed by atoms with E-state index in [0.717, 1.165) is 12.8 Å². The molecule has 3 atom stereocenters. The predicted octanol–water partition coefficient (Wildman–Crippen LogP) is -0.255. The Hall–Kier alpha value is 0.0700. The molecule has 0 aromatic carbocycles. The van der Waals surface area contributed by atoms with Gasteiger partial charge < -0.3 is 10.3 Å². The monoisotopic (exact) mass is 148 g/mol. The van der Waals surface area contributed by atoms with Crippen molar-refractivity contribution in [2.24, 2.45) is 5.73 Å². The molecule has 0 radical (unpaired) electrons. The molecule has 0 saturated heterocycles. The lowest BCUT2D eigenvalue weighted by Crippen LogP contribution is -2.18. The van der Waals surface area contributed by atoms with Gasteiger partial charge in [-0.25, -0.2) is 0 Å². The smallest absolute Gasteiger partial charge is 0.0231 e. The Morgan fingerprint density at radius 3 is 2.44 bits per heavy atom. The van der Waals surface area contributed by atoms with Crippen LogP contribution in [0, 0.1) is 0 Å². The molecule has 3 unspecified atom stereocenters. The lowest BCUT2D eigenvalue weighted by molar-refractivity contribution is 0.521. The van der Waals surface area contributed by atoms with E-state index in [1.807, 2.05) is 0 Å². The summed E-state index contributed by atoms with van der Waals surface area (Å²) in [5, 5.41) is -0.167. The van der Waals surface area contributed by atoms with Crippen molar-refractivity contribution in [1.82, 2.24) is 0 Å². The fourth-order valence-corrected chi connectivity index (χ4v) is 1.88. The van der Waals surface area contributed by atoms with Gasteiger partial charge in [0.25, 0.3) is 0 Å². The van der Waals surface area contributed by atoms with Crippen molar-refractivity contribution in [3.8, 4) is 0 Å². The number of hydrogen-bond acceptors (Lipinski definition) is 3. The van der Waals surface area contributed by atoms with E-state index in [1.54, 1.807) is 0 Å². The molecule has 3 nitrogen and oxygen atoms in total. The van der Waals surface area contributed by atoms with Crippen LogP contribution in [-0.4, -0.2) is 20.1 Å². The highest BCUT2D eigenvalue weighted by Gasteiger charge is 2.21. The molecule has 1 fully saturated rings. The minimum atomic E-state index is -1.89. The van der Waals surface area contributed by atoms with Gasteiger partial charge in [0.05, 0.1) is 0 Å². The van der Waals surface area contributed by atoms with Crippen LogP contribution in [0.3, 0.4) is 0 Å². The molecule has 1 aliphatic carbocycles. The minimum Gasteiger partial charge on any atom is -0.772 e. The lowest BCUT2D eigenvalue weighted by atomic mass is 10.3. The molecule has 1 rings (SSSR count). The maximum absolute atomic E-state index is 10.3. The SMILES string of the molecule is NC1CCC(S(=O)[O-])C1. The van der Waals surface area contributed by atoms with Crippen LogP contribution in [-0.2, 0) is 11.1 Å². The molecule has 0 aliphatic heterocycles. The van der Waals surface area contributed by atoms with Crippen LogP contribution in [0.15, 0.2) is 0 Å². The Balaban J connectivity index is 2.39. The molecule has 2 N–H and O–H groups in total. The first-order valence-corrected chi connectivity index (χ1v) is 4.17. The largest absolute Gasteiger partial charge is 0.772 e. The van der Waals surface area contributed by atoms with Gasteiger partial charge in [-0.1, -0.05) is 11.1 Å². The fraction of sp³-hybridized carbons (Fsp3) is 1.00. The van der Waals surface area contributed by atoms with Gasteiger partial charge in [0.1, 0.15) is 0 Å². The van der Waals surface area contributed by atoms with Gasteiger partial charge in [-0.2, -0.15) is 0 Å². The third-order valence-corrected chi connectivity index (χ3v) is 2.67. The quantitative estimate of drug-likeness (QED) is 0.521. The molecule has 1 aliphatic rings. The predicted molar refractivity (Wildman–Crippen MR) is 34.5 cm³/mol. The van der Waals surface area contributed by atoms with E-state index in [2.05, 4.69) is 0 Å². The zero-order valence-corrected chi connectivity index (χ0v) is 5.89. The van der Waals surface area contributed by atoms with E-state index in [4.69, 9.17) is 5.73 Å². The van der Waals surface area contributed by atoms with Crippen LogP contribution in [0.4, 0.5) is 0 Å². The molecular weight excluding hydrogens is 138 g/mol. The molecule has 0 aromatic heterocycles. The summed E-state index contributed by atoms with van der Waals surface area (Å²) in [6, 6.07) is 0.118. The van der Waals surface area contributed by atoms with E-state index in [-0.39, 0.29) is 11.3 Å². The second-order valence-corrected chi connectivity index (χ2v) is 3.64. The van der Waals surface area contributed by atoms with Crippen molar-refractivity contribution in [3.05, 3.63) is 0 Å². The molecule has 54 valence electrons. The molecular formula is C5H10NO2S-. The van der Waals surface area contributed by atoms with Gasteiger partial charge in [-0.05, 0) is 19.3 Å². The average Bonchev–Trinajstić information content (AvgIpc) is 2.14. The van der Waals surface area contributed by atoms with Gasteiger partial charge in [0.15, 0.2) is 0 Å². The number of nitrogens with two attached hydrogens (primary N) is 1. The highest BCUT2D eigenvalue weighted by atomic mass is 32.2. The van der Waals surface area contributed by atoms with Gasteiger partial charge in [-0.3, -0.25) is 4.21 Å². The summed E-state index contributed by atoms with van der Waals surface area (Å²) in [7, 11) is 0. The molecule has 0 spiro atoms. The molecule has 0 bridgehead atoms. The zero-order valence-electron chi connectivity index (χ0n) is 5.08. The van der Waals surface area contributed by atoms with Crippen molar-refractivity contribution < 1.29 is 8.76 Å². The second-order valence-electron chi connectivity index (χ2n) is 2.46. The molecule has 9 heavy (non-hydrogen) atoms. The van der Waals surface area contributed by atoms with E-state index in [9.17, 15) is 8.76 Å². The van der Waals surface area contributed by atoms with Crippen molar-refractivity contribution >= 4 is 11.1 Å². The second kappa shape index (κ2) is 2.77. The lowest BCUT2D eigenvalue weighted by Gasteiger charge is -2.11. The summed E-state index contributed by atoms with van der Waals surface area (Å²) in [6.07, 6.45) is 2.26. The first-order valence-electron chi connectivity index (χ1n) is 3.04. The Bertz CT molecular complexity index is 128. The molecule has 1 saturated carbocycles. The summed E-state index contributed by atoms with van der Waals surface area (Å²) in [6.45, 7) is 0. The van der Waals surface area contributed by atoms with Crippen LogP contribution in [0.5, 0.6) is 0 Å². The highest BCUT2D eigenvalue weighted by Crippen LogP contribution is 2.20. The van der Waals surface area contributed by atoms with Gasteiger partial charge in [0, 0.05) is 11.3 Å². The number of rotatable bonds is 1. The number of hydrogen-bond donors (Lipinski definition) is 1. The Kier molecular flexibility index (Phi) is 2.21. The molecule has 0 aromatic rings. The third-order valence-electron chi connectivity index (χ3n) is 1.70. The fourth-order valence-electron chi connectivity index (χ4n) is 1.15. The van der Waals surface area contributed by atoms with Gasteiger partial charge in [0.2, 0.25) is 0 Å². The van der Waals surface area contributed by atoms with Crippen LogP contribution in [0.1, 0.15) is 19.3 Å². The first-order chi connectivity index (χ1) is 4.20. The van der Waals surface area contributed by atoms with Crippen LogP contribution in [0.2, 0.25) is 0 Å². The summed E-state index contributed by atoms with van der Waals surface area (Å²) in [4.78, 5) is 0. The Labute approximate surface area is 56.9 Å². The van der Waals surface area contributed by atoms with Gasteiger partial charge >= 0.3 is 0 Å². The van der Waals surface area contributed by atoms with Crippen LogP contribution >= 0.6 is 0 Å². The topological polar surface area (TPSA) is 66.2 Å². The maximum Gasteiger partial charge on any atom is 0.0231 e. The van der Waals surface area contributed by atoms with E-state index < -0.39 is 11.1 Å². The highest BCUT2D eigenvalue weighted by molar-refractivity contribution is 7.79. The summed E-state index contributed by atoms with van der Waals surface area (Å²) in [5.74, 6) is 0. The minimum absolute atomic E-state index is 0.118. The van der Waals surface area contributed by atoms with E-state index >= 15 is 0 Å². The summed E-state index contributed by atoms with van der Waals surface area (Å²) in [5.41, 5.74) is 5.49. The summed E-state index contributed by atoms with van der Waals surface area (Å²) >= 11 is -1.89. The average molecular weight is 148 g/mol. The molecule has 0 heterocycles. The van der Waals surface area contributed by atoms with Crippen molar-refractivity contribution in [1.29, 1.82) is 0 Å². The van der Waals surface area contributed by atoms with E-state index in [1.165, 1.54) is 0 Å². The third kappa shape index (κ3) is 1.74.